The van der Waals surface area contributed by atoms with Crippen LogP contribution in [0.5, 0.6) is 0 Å². The predicted molar refractivity (Wildman–Crippen MR) is 127 cm³/mol. The summed E-state index contributed by atoms with van der Waals surface area (Å²) in [5, 5.41) is 5.55. The van der Waals surface area contributed by atoms with Gasteiger partial charge in [0, 0.05) is 46.3 Å². The first-order valence-electron chi connectivity index (χ1n) is 12.2. The van der Waals surface area contributed by atoms with E-state index >= 15 is 0 Å². The lowest BCUT2D eigenvalue weighted by molar-refractivity contribution is -0.122. The Kier molecular flexibility index (Phi) is 26.8. The highest BCUT2D eigenvalue weighted by Crippen LogP contribution is 1.88. The fourth-order valence-electron chi connectivity index (χ4n) is 2.44. The molecule has 0 aliphatic carbocycles. The maximum Gasteiger partial charge on any atom is 0.222 e. The van der Waals surface area contributed by atoms with Crippen molar-refractivity contribution in [2.45, 2.75) is 33.1 Å². The number of hydrogen-bond donors (Lipinski definition) is 2. The van der Waals surface area contributed by atoms with Crippen LogP contribution in [0, 0.1) is 0 Å². The summed E-state index contributed by atoms with van der Waals surface area (Å²) < 4.78 is 37.5. The first-order chi connectivity index (χ1) is 16.7. The lowest BCUT2D eigenvalue weighted by atomic mass is 10.4. The molecule has 0 spiro atoms. The number of ether oxygens (including phenoxy) is 7. The average Bonchev–Trinajstić information content (AvgIpc) is 2.82. The summed E-state index contributed by atoms with van der Waals surface area (Å²) in [6.07, 6.45) is 1.85. The maximum absolute atomic E-state index is 11.7. The first kappa shape index (κ1) is 32.7. The molecule has 0 aromatic heterocycles. The molecule has 0 bridgehead atoms. The molecule has 2 N–H and O–H groups in total. The molecule has 0 unspecified atom stereocenters. The second-order valence-corrected chi connectivity index (χ2v) is 7.16. The molecule has 0 aliphatic heterocycles. The van der Waals surface area contributed by atoms with Crippen LogP contribution in [0.4, 0.5) is 0 Å². The molecular formula is C23H46N2O9. The van der Waals surface area contributed by atoms with Gasteiger partial charge >= 0.3 is 0 Å². The summed E-state index contributed by atoms with van der Waals surface area (Å²) >= 11 is 0. The van der Waals surface area contributed by atoms with E-state index in [1.165, 1.54) is 6.92 Å². The van der Waals surface area contributed by atoms with Crippen LogP contribution in [0.15, 0.2) is 0 Å². The number of carbonyl (C=O) groups is 2. The third kappa shape index (κ3) is 28.7. The molecule has 0 aromatic rings. The molecule has 2 amide bonds. The molecule has 0 saturated carbocycles. The molecule has 0 aromatic carbocycles. The van der Waals surface area contributed by atoms with Crippen molar-refractivity contribution in [2.24, 2.45) is 0 Å². The van der Waals surface area contributed by atoms with E-state index in [0.717, 1.165) is 12.8 Å². The molecular weight excluding hydrogens is 448 g/mol. The third-order valence-corrected chi connectivity index (χ3v) is 4.16. The van der Waals surface area contributed by atoms with Gasteiger partial charge in [-0.25, -0.2) is 0 Å². The molecule has 0 fully saturated rings. The molecule has 0 rings (SSSR count). The summed E-state index contributed by atoms with van der Waals surface area (Å²) in [5.74, 6) is -0.0655. The lowest BCUT2D eigenvalue weighted by Gasteiger charge is -2.08. The largest absolute Gasteiger partial charge is 0.379 e. The summed E-state index contributed by atoms with van der Waals surface area (Å²) in [7, 11) is 0. The van der Waals surface area contributed by atoms with E-state index in [2.05, 4.69) is 10.6 Å². The summed E-state index contributed by atoms with van der Waals surface area (Å²) in [4.78, 5) is 22.4. The van der Waals surface area contributed by atoms with Gasteiger partial charge in [0.05, 0.1) is 72.7 Å². The van der Waals surface area contributed by atoms with Gasteiger partial charge in [-0.05, 0) is 19.8 Å². The zero-order valence-electron chi connectivity index (χ0n) is 21.1. The van der Waals surface area contributed by atoms with Crippen LogP contribution in [0.2, 0.25) is 0 Å². The van der Waals surface area contributed by atoms with Crippen LogP contribution >= 0.6 is 0 Å². The Morgan fingerprint density at radius 1 is 0.529 bits per heavy atom. The van der Waals surface area contributed by atoms with Gasteiger partial charge in [-0.1, -0.05) is 0 Å². The minimum Gasteiger partial charge on any atom is -0.379 e. The highest BCUT2D eigenvalue weighted by Gasteiger charge is 2.01. The maximum atomic E-state index is 11.7. The zero-order chi connectivity index (χ0) is 25.0. The lowest BCUT2D eigenvalue weighted by Crippen LogP contribution is -2.26. The van der Waals surface area contributed by atoms with Crippen LogP contribution in [0.25, 0.3) is 0 Å². The fraction of sp³-hybridized carbons (Fsp3) is 0.913. The Hall–Kier alpha value is -1.34. The molecule has 0 atom stereocenters. The number of amides is 2. The molecule has 0 saturated heterocycles. The molecule has 11 nitrogen and oxygen atoms in total. The first-order valence-corrected chi connectivity index (χ1v) is 12.2. The minimum atomic E-state index is -0.0379. The van der Waals surface area contributed by atoms with Gasteiger partial charge in [0.15, 0.2) is 0 Å². The van der Waals surface area contributed by atoms with E-state index in [4.69, 9.17) is 33.2 Å². The van der Waals surface area contributed by atoms with E-state index in [1.807, 2.05) is 6.92 Å². The van der Waals surface area contributed by atoms with Gasteiger partial charge in [-0.2, -0.15) is 0 Å². The number of hydrogen-bond acceptors (Lipinski definition) is 9. The summed E-state index contributed by atoms with van der Waals surface area (Å²) in [6, 6.07) is 0. The van der Waals surface area contributed by atoms with Gasteiger partial charge < -0.3 is 43.8 Å². The second kappa shape index (κ2) is 27.9. The van der Waals surface area contributed by atoms with Crippen LogP contribution in [0.1, 0.15) is 33.1 Å². The Morgan fingerprint density at radius 3 is 1.35 bits per heavy atom. The Morgan fingerprint density at radius 2 is 0.912 bits per heavy atom. The van der Waals surface area contributed by atoms with Crippen molar-refractivity contribution < 1.29 is 42.7 Å². The van der Waals surface area contributed by atoms with Crippen molar-refractivity contribution in [3.8, 4) is 0 Å². The molecule has 0 radical (unpaired) electrons. The zero-order valence-corrected chi connectivity index (χ0v) is 21.1. The topological polar surface area (TPSA) is 123 Å². The SMILES string of the molecule is CCOCCOCCOCCOCCC(=O)NCCCOCCOCCOCCCNC(C)=O. The van der Waals surface area contributed by atoms with Crippen molar-refractivity contribution >= 4 is 11.8 Å². The molecule has 34 heavy (non-hydrogen) atoms. The van der Waals surface area contributed by atoms with Gasteiger partial charge in [-0.15, -0.1) is 0 Å². The van der Waals surface area contributed by atoms with Crippen molar-refractivity contribution in [3.05, 3.63) is 0 Å². The van der Waals surface area contributed by atoms with Crippen molar-refractivity contribution in [1.82, 2.24) is 10.6 Å². The molecule has 202 valence electrons. The van der Waals surface area contributed by atoms with Crippen LogP contribution in [-0.4, -0.2) is 117 Å². The number of rotatable bonds is 27. The smallest absolute Gasteiger partial charge is 0.222 e. The highest BCUT2D eigenvalue weighted by molar-refractivity contribution is 5.75. The monoisotopic (exact) mass is 494 g/mol. The van der Waals surface area contributed by atoms with E-state index in [-0.39, 0.29) is 11.8 Å². The van der Waals surface area contributed by atoms with Gasteiger partial charge in [0.2, 0.25) is 11.8 Å². The van der Waals surface area contributed by atoms with Crippen LogP contribution < -0.4 is 10.6 Å². The Bertz CT molecular complexity index is 456. The van der Waals surface area contributed by atoms with Crippen molar-refractivity contribution in [3.63, 3.8) is 0 Å². The van der Waals surface area contributed by atoms with Crippen molar-refractivity contribution in [2.75, 3.05) is 106 Å². The third-order valence-electron chi connectivity index (χ3n) is 4.16. The Balaban J connectivity index is 3.15. The summed E-state index contributed by atoms with van der Waals surface area (Å²) in [5.41, 5.74) is 0. The number of nitrogens with one attached hydrogen (secondary N) is 2. The standard InChI is InChI=1S/C23H46N2O9/c1-3-28-12-13-32-20-21-34-19-16-31-11-6-23(27)25-8-5-10-30-15-18-33-17-14-29-9-4-7-24-22(2)26/h3-21H2,1-2H3,(H,24,26)(H,25,27). The normalized spacial score (nSPS) is 11.0. The summed E-state index contributed by atoms with van der Waals surface area (Å²) in [6.45, 7) is 12.1. The minimum absolute atomic E-state index is 0.0275. The fourth-order valence-corrected chi connectivity index (χ4v) is 2.44. The van der Waals surface area contributed by atoms with Gasteiger partial charge in [-0.3, -0.25) is 9.59 Å². The van der Waals surface area contributed by atoms with E-state index < -0.39 is 0 Å². The predicted octanol–water partition coefficient (Wildman–Crippen LogP) is 0.545. The van der Waals surface area contributed by atoms with Gasteiger partial charge in [0.1, 0.15) is 0 Å². The van der Waals surface area contributed by atoms with Crippen molar-refractivity contribution in [1.29, 1.82) is 0 Å². The number of carbonyl (C=O) groups excluding carboxylic acids is 2. The second-order valence-electron chi connectivity index (χ2n) is 7.16. The van der Waals surface area contributed by atoms with E-state index in [0.29, 0.717) is 112 Å². The quantitative estimate of drug-likeness (QED) is 0.158. The molecule has 11 heteroatoms. The highest BCUT2D eigenvalue weighted by atomic mass is 16.6. The van der Waals surface area contributed by atoms with E-state index in [9.17, 15) is 9.59 Å². The van der Waals surface area contributed by atoms with Gasteiger partial charge in [0.25, 0.3) is 0 Å². The Labute approximate surface area is 204 Å². The average molecular weight is 495 g/mol. The molecule has 0 heterocycles. The van der Waals surface area contributed by atoms with Crippen LogP contribution in [-0.2, 0) is 42.7 Å². The van der Waals surface area contributed by atoms with E-state index in [1.54, 1.807) is 0 Å². The van der Waals surface area contributed by atoms with Crippen LogP contribution in [0.3, 0.4) is 0 Å². The molecule has 0 aliphatic rings.